The third-order valence-corrected chi connectivity index (χ3v) is 2.92. The molecule has 102 valence electrons. The Hall–Kier alpha value is -1.79. The van der Waals surface area contributed by atoms with Gasteiger partial charge in [0.25, 0.3) is 0 Å². The van der Waals surface area contributed by atoms with Crippen LogP contribution in [0.1, 0.15) is 28.5 Å². The summed E-state index contributed by atoms with van der Waals surface area (Å²) in [4.78, 5) is 0. The zero-order valence-electron chi connectivity index (χ0n) is 10.2. The van der Waals surface area contributed by atoms with Gasteiger partial charge < -0.3 is 4.42 Å². The third-order valence-electron chi connectivity index (χ3n) is 2.92. The van der Waals surface area contributed by atoms with E-state index >= 15 is 0 Å². The highest BCUT2D eigenvalue weighted by atomic mass is 19.4. The molecule has 0 amide bonds. The Morgan fingerprint density at radius 1 is 1.26 bits per heavy atom. The fraction of sp³-hybridized carbons (Fsp3) is 0.231. The number of nitrogens with two attached hydrogens (primary N) is 1. The van der Waals surface area contributed by atoms with Crippen molar-refractivity contribution in [3.63, 3.8) is 0 Å². The first-order chi connectivity index (χ1) is 8.93. The second kappa shape index (κ2) is 5.07. The van der Waals surface area contributed by atoms with Crippen molar-refractivity contribution < 1.29 is 17.6 Å². The van der Waals surface area contributed by atoms with Crippen molar-refractivity contribution in [3.05, 3.63) is 59.0 Å². The Morgan fingerprint density at radius 2 is 2.00 bits per heavy atom. The Kier molecular flexibility index (Phi) is 3.64. The molecular formula is C13H13F3N2O. The first-order valence-electron chi connectivity index (χ1n) is 5.60. The smallest absolute Gasteiger partial charge is 0.416 e. The molecule has 1 unspecified atom stereocenters. The molecule has 0 saturated carbocycles. The predicted molar refractivity (Wildman–Crippen MR) is 64.1 cm³/mol. The normalized spacial score (nSPS) is 13.5. The van der Waals surface area contributed by atoms with E-state index in [4.69, 9.17) is 10.3 Å². The van der Waals surface area contributed by atoms with Crippen LogP contribution < -0.4 is 11.3 Å². The molecule has 0 aliphatic heterocycles. The highest BCUT2D eigenvalue weighted by Crippen LogP contribution is 2.32. The molecule has 3 N–H and O–H groups in total. The van der Waals surface area contributed by atoms with Gasteiger partial charge in [-0.05, 0) is 30.7 Å². The summed E-state index contributed by atoms with van der Waals surface area (Å²) in [5.41, 5.74) is 2.95. The average Bonchev–Trinajstić information content (AvgIpc) is 2.76. The van der Waals surface area contributed by atoms with Crippen molar-refractivity contribution in [1.82, 2.24) is 5.43 Å². The van der Waals surface area contributed by atoms with Crippen molar-refractivity contribution >= 4 is 0 Å². The zero-order chi connectivity index (χ0) is 14.0. The Labute approximate surface area is 108 Å². The summed E-state index contributed by atoms with van der Waals surface area (Å²) < 4.78 is 43.2. The van der Waals surface area contributed by atoms with Gasteiger partial charge in [-0.1, -0.05) is 12.1 Å². The molecule has 1 heterocycles. The van der Waals surface area contributed by atoms with Crippen LogP contribution in [0.3, 0.4) is 0 Å². The second-order valence-electron chi connectivity index (χ2n) is 4.16. The maximum absolute atomic E-state index is 12.7. The minimum Gasteiger partial charge on any atom is -0.469 e. The molecule has 1 aromatic carbocycles. The fourth-order valence-electron chi connectivity index (χ4n) is 1.95. The van der Waals surface area contributed by atoms with Crippen LogP contribution in [0.4, 0.5) is 13.2 Å². The highest BCUT2D eigenvalue weighted by molar-refractivity contribution is 5.35. The van der Waals surface area contributed by atoms with E-state index in [0.29, 0.717) is 16.9 Å². The largest absolute Gasteiger partial charge is 0.469 e. The van der Waals surface area contributed by atoms with Gasteiger partial charge in [0.15, 0.2) is 0 Å². The minimum absolute atomic E-state index is 0.432. The van der Waals surface area contributed by atoms with Crippen molar-refractivity contribution in [1.29, 1.82) is 0 Å². The predicted octanol–water partition coefficient (Wildman–Crippen LogP) is 3.16. The molecule has 0 spiro atoms. The van der Waals surface area contributed by atoms with Crippen LogP contribution in [-0.4, -0.2) is 0 Å². The molecule has 0 aliphatic carbocycles. The molecule has 0 aliphatic rings. The SMILES string of the molecule is Cc1occc1C(NN)c1cccc(C(F)(F)F)c1. The van der Waals surface area contributed by atoms with Crippen LogP contribution in [0.2, 0.25) is 0 Å². The number of aryl methyl sites for hydroxylation is 1. The summed E-state index contributed by atoms with van der Waals surface area (Å²) >= 11 is 0. The molecule has 19 heavy (non-hydrogen) atoms. The summed E-state index contributed by atoms with van der Waals surface area (Å²) in [6.45, 7) is 1.73. The van der Waals surface area contributed by atoms with Crippen molar-refractivity contribution in [3.8, 4) is 0 Å². The summed E-state index contributed by atoms with van der Waals surface area (Å²) in [6, 6.07) is 6.20. The lowest BCUT2D eigenvalue weighted by Gasteiger charge is -2.17. The van der Waals surface area contributed by atoms with Crippen LogP contribution in [0.25, 0.3) is 0 Å². The Bertz CT molecular complexity index is 563. The Morgan fingerprint density at radius 3 is 2.53 bits per heavy atom. The standard InChI is InChI=1S/C13H13F3N2O/c1-8-11(5-6-19-8)12(18-17)9-3-2-4-10(7-9)13(14,15)16/h2-7,12,18H,17H2,1H3. The van der Waals surface area contributed by atoms with Crippen LogP contribution >= 0.6 is 0 Å². The molecule has 0 fully saturated rings. The molecule has 3 nitrogen and oxygen atoms in total. The number of alkyl halides is 3. The maximum atomic E-state index is 12.7. The number of hydrazine groups is 1. The van der Waals surface area contributed by atoms with Crippen molar-refractivity contribution in [2.24, 2.45) is 5.84 Å². The van der Waals surface area contributed by atoms with Crippen molar-refractivity contribution in [2.75, 3.05) is 0 Å². The topological polar surface area (TPSA) is 51.2 Å². The van der Waals surface area contributed by atoms with E-state index in [0.717, 1.165) is 12.1 Å². The molecule has 1 aromatic heterocycles. The van der Waals surface area contributed by atoms with Gasteiger partial charge >= 0.3 is 6.18 Å². The lowest BCUT2D eigenvalue weighted by Crippen LogP contribution is -2.29. The van der Waals surface area contributed by atoms with E-state index in [2.05, 4.69) is 5.43 Å². The summed E-state index contributed by atoms with van der Waals surface area (Å²) in [7, 11) is 0. The number of rotatable bonds is 3. The van der Waals surface area contributed by atoms with Gasteiger partial charge in [0.2, 0.25) is 0 Å². The highest BCUT2D eigenvalue weighted by Gasteiger charge is 2.31. The van der Waals surface area contributed by atoms with Gasteiger partial charge in [0.05, 0.1) is 17.9 Å². The lowest BCUT2D eigenvalue weighted by atomic mass is 9.98. The monoisotopic (exact) mass is 270 g/mol. The maximum Gasteiger partial charge on any atom is 0.416 e. The van der Waals surface area contributed by atoms with Crippen LogP contribution in [-0.2, 0) is 6.18 Å². The van der Waals surface area contributed by atoms with E-state index in [1.807, 2.05) is 0 Å². The van der Waals surface area contributed by atoms with Gasteiger partial charge in [-0.25, -0.2) is 5.43 Å². The fourth-order valence-corrected chi connectivity index (χ4v) is 1.95. The average molecular weight is 270 g/mol. The number of halogens is 3. The molecule has 0 saturated heterocycles. The van der Waals surface area contributed by atoms with E-state index in [9.17, 15) is 13.2 Å². The first kappa shape index (κ1) is 13.6. The molecule has 2 rings (SSSR count). The quantitative estimate of drug-likeness (QED) is 0.665. The number of furan rings is 1. The number of benzene rings is 1. The third kappa shape index (κ3) is 2.80. The molecular weight excluding hydrogens is 257 g/mol. The molecule has 2 aromatic rings. The van der Waals surface area contributed by atoms with E-state index in [1.165, 1.54) is 12.3 Å². The van der Waals surface area contributed by atoms with E-state index < -0.39 is 17.8 Å². The summed E-state index contributed by atoms with van der Waals surface area (Å²) in [6.07, 6.45) is -2.90. The lowest BCUT2D eigenvalue weighted by molar-refractivity contribution is -0.137. The zero-order valence-corrected chi connectivity index (χ0v) is 10.2. The summed E-state index contributed by atoms with van der Waals surface area (Å²) in [5.74, 6) is 6.06. The van der Waals surface area contributed by atoms with E-state index in [-0.39, 0.29) is 0 Å². The Balaban J connectivity index is 2.42. The van der Waals surface area contributed by atoms with Gasteiger partial charge in [-0.3, -0.25) is 5.84 Å². The van der Waals surface area contributed by atoms with Crippen LogP contribution in [0.5, 0.6) is 0 Å². The number of hydrogen-bond acceptors (Lipinski definition) is 3. The molecule has 0 bridgehead atoms. The van der Waals surface area contributed by atoms with Crippen molar-refractivity contribution in [2.45, 2.75) is 19.1 Å². The molecule has 6 heteroatoms. The number of nitrogens with one attached hydrogen (secondary N) is 1. The molecule has 0 radical (unpaired) electrons. The summed E-state index contributed by atoms with van der Waals surface area (Å²) in [5, 5.41) is 0. The number of hydrogen-bond donors (Lipinski definition) is 2. The van der Waals surface area contributed by atoms with E-state index in [1.54, 1.807) is 19.1 Å². The van der Waals surface area contributed by atoms with Crippen LogP contribution in [0, 0.1) is 6.92 Å². The molecule has 1 atom stereocenters. The van der Waals surface area contributed by atoms with Gasteiger partial charge in [-0.2, -0.15) is 13.2 Å². The van der Waals surface area contributed by atoms with Crippen LogP contribution in [0.15, 0.2) is 41.0 Å². The van der Waals surface area contributed by atoms with Gasteiger partial charge in [0.1, 0.15) is 5.76 Å². The van der Waals surface area contributed by atoms with Gasteiger partial charge in [0, 0.05) is 5.56 Å². The minimum atomic E-state index is -4.37. The first-order valence-corrected chi connectivity index (χ1v) is 5.60. The van der Waals surface area contributed by atoms with Gasteiger partial charge in [-0.15, -0.1) is 0 Å². The second-order valence-corrected chi connectivity index (χ2v) is 4.16.